The van der Waals surface area contributed by atoms with Crippen LogP contribution in [-0.2, 0) is 11.2 Å². The molecular weight excluding hydrogens is 352 g/mol. The lowest BCUT2D eigenvalue weighted by Gasteiger charge is -2.11. The predicted molar refractivity (Wildman–Crippen MR) is 96.3 cm³/mol. The molecule has 0 saturated carbocycles. The van der Waals surface area contributed by atoms with Gasteiger partial charge in [-0.3, -0.25) is 9.59 Å². The number of aryl methyl sites for hydroxylation is 1. The number of fused-ring (bicyclic) bond motifs is 1. The second-order valence-electron chi connectivity index (χ2n) is 6.14. The summed E-state index contributed by atoms with van der Waals surface area (Å²) in [5.41, 5.74) is 1.40. The quantitative estimate of drug-likeness (QED) is 0.656. The van der Waals surface area contributed by atoms with Crippen LogP contribution in [-0.4, -0.2) is 34.0 Å². The molecule has 0 aliphatic carbocycles. The first-order valence-electron chi connectivity index (χ1n) is 8.19. The van der Waals surface area contributed by atoms with Crippen molar-refractivity contribution in [3.8, 4) is 0 Å². The fourth-order valence-corrected chi connectivity index (χ4v) is 2.87. The van der Waals surface area contributed by atoms with Crippen LogP contribution < -0.4 is 10.6 Å². The molecule has 0 radical (unpaired) electrons. The van der Waals surface area contributed by atoms with Crippen LogP contribution in [0.15, 0.2) is 36.4 Å². The zero-order valence-electron chi connectivity index (χ0n) is 14.1. The zero-order valence-corrected chi connectivity index (χ0v) is 14.1. The third-order valence-corrected chi connectivity index (χ3v) is 4.18. The van der Waals surface area contributed by atoms with Crippen molar-refractivity contribution < 1.29 is 29.4 Å². The number of carbonyl (C=O) groups is 4. The molecule has 8 heteroatoms. The number of amides is 2. The van der Waals surface area contributed by atoms with Gasteiger partial charge in [-0.1, -0.05) is 0 Å². The van der Waals surface area contributed by atoms with E-state index in [1.54, 1.807) is 18.2 Å². The van der Waals surface area contributed by atoms with E-state index in [0.29, 0.717) is 30.5 Å². The highest BCUT2D eigenvalue weighted by Gasteiger charge is 2.17. The predicted octanol–water partition coefficient (Wildman–Crippen LogP) is 2.61. The number of hydrogen-bond acceptors (Lipinski definition) is 4. The molecule has 2 amide bonds. The minimum atomic E-state index is -1.30. The maximum Gasteiger partial charge on any atom is 0.335 e. The minimum absolute atomic E-state index is 0.0699. The number of anilines is 2. The molecule has 1 aliphatic heterocycles. The average molecular weight is 368 g/mol. The van der Waals surface area contributed by atoms with Gasteiger partial charge in [-0.25, -0.2) is 9.59 Å². The van der Waals surface area contributed by atoms with E-state index in [9.17, 15) is 19.2 Å². The van der Waals surface area contributed by atoms with Gasteiger partial charge in [-0.2, -0.15) is 0 Å². The van der Waals surface area contributed by atoms with E-state index in [0.717, 1.165) is 11.6 Å². The standard InChI is InChI=1S/C19H16N2O6/c22-16-3-1-2-10-6-11(4-5-15(10)21-16)17(23)20-14-8-12(18(24)25)7-13(9-14)19(26)27/h4-9H,1-3H2,(H,20,23)(H,21,22)(H,24,25)(H,26,27). The molecule has 0 aromatic heterocycles. The number of aromatic carboxylic acids is 2. The molecule has 1 heterocycles. The SMILES string of the molecule is O=C1CCCc2cc(C(=O)Nc3cc(C(=O)O)cc(C(=O)O)c3)ccc2N1. The second-order valence-corrected chi connectivity index (χ2v) is 6.14. The van der Waals surface area contributed by atoms with Gasteiger partial charge in [0.05, 0.1) is 11.1 Å². The van der Waals surface area contributed by atoms with E-state index in [2.05, 4.69) is 10.6 Å². The van der Waals surface area contributed by atoms with Crippen molar-refractivity contribution in [1.82, 2.24) is 0 Å². The van der Waals surface area contributed by atoms with Crippen molar-refractivity contribution in [3.05, 3.63) is 58.7 Å². The van der Waals surface area contributed by atoms with E-state index in [1.165, 1.54) is 12.1 Å². The third kappa shape index (κ3) is 4.12. The van der Waals surface area contributed by atoms with Gasteiger partial charge >= 0.3 is 11.9 Å². The Labute approximate surface area is 153 Å². The molecule has 0 unspecified atom stereocenters. The van der Waals surface area contributed by atoms with Gasteiger partial charge in [0.2, 0.25) is 5.91 Å². The second kappa shape index (κ2) is 7.28. The molecule has 0 spiro atoms. The Hall–Kier alpha value is -3.68. The zero-order chi connectivity index (χ0) is 19.6. The van der Waals surface area contributed by atoms with Crippen molar-refractivity contribution in [2.24, 2.45) is 0 Å². The van der Waals surface area contributed by atoms with Crippen LogP contribution in [0.3, 0.4) is 0 Å². The summed E-state index contributed by atoms with van der Waals surface area (Å²) >= 11 is 0. The van der Waals surface area contributed by atoms with Crippen LogP contribution in [0.25, 0.3) is 0 Å². The van der Waals surface area contributed by atoms with Crippen molar-refractivity contribution >= 4 is 35.1 Å². The van der Waals surface area contributed by atoms with Gasteiger partial charge in [0.1, 0.15) is 0 Å². The highest BCUT2D eigenvalue weighted by Crippen LogP contribution is 2.24. The van der Waals surface area contributed by atoms with Gasteiger partial charge < -0.3 is 20.8 Å². The summed E-state index contributed by atoms with van der Waals surface area (Å²) in [4.78, 5) is 46.4. The third-order valence-electron chi connectivity index (χ3n) is 4.18. The molecule has 0 fully saturated rings. The van der Waals surface area contributed by atoms with Gasteiger partial charge in [0.15, 0.2) is 0 Å². The summed E-state index contributed by atoms with van der Waals surface area (Å²) in [5.74, 6) is -3.17. The summed E-state index contributed by atoms with van der Waals surface area (Å²) < 4.78 is 0. The number of carbonyl (C=O) groups excluding carboxylic acids is 2. The topological polar surface area (TPSA) is 133 Å². The maximum absolute atomic E-state index is 12.5. The largest absolute Gasteiger partial charge is 0.478 e. The molecule has 138 valence electrons. The Bertz CT molecular complexity index is 934. The van der Waals surface area contributed by atoms with Crippen LogP contribution in [0.5, 0.6) is 0 Å². The molecule has 8 nitrogen and oxygen atoms in total. The average Bonchev–Trinajstić information content (AvgIpc) is 2.81. The molecule has 0 atom stereocenters. The van der Waals surface area contributed by atoms with E-state index >= 15 is 0 Å². The summed E-state index contributed by atoms with van der Waals surface area (Å²) in [6.45, 7) is 0. The van der Waals surface area contributed by atoms with Gasteiger partial charge in [-0.05, 0) is 54.8 Å². The van der Waals surface area contributed by atoms with Crippen LogP contribution in [0.2, 0.25) is 0 Å². The lowest BCUT2D eigenvalue weighted by atomic mass is 10.0. The van der Waals surface area contributed by atoms with Gasteiger partial charge in [0.25, 0.3) is 5.91 Å². The van der Waals surface area contributed by atoms with Crippen LogP contribution in [0.1, 0.15) is 49.5 Å². The van der Waals surface area contributed by atoms with Gasteiger partial charge in [0, 0.05) is 23.4 Å². The lowest BCUT2D eigenvalue weighted by molar-refractivity contribution is -0.116. The highest BCUT2D eigenvalue weighted by molar-refractivity contribution is 6.06. The van der Waals surface area contributed by atoms with Crippen molar-refractivity contribution in [2.45, 2.75) is 19.3 Å². The van der Waals surface area contributed by atoms with Crippen LogP contribution >= 0.6 is 0 Å². The Morgan fingerprint density at radius 2 is 1.56 bits per heavy atom. The Balaban J connectivity index is 1.87. The Morgan fingerprint density at radius 1 is 0.889 bits per heavy atom. The molecule has 0 bridgehead atoms. The smallest absolute Gasteiger partial charge is 0.335 e. The normalized spacial score (nSPS) is 13.1. The number of nitrogens with one attached hydrogen (secondary N) is 2. The number of hydrogen-bond donors (Lipinski definition) is 4. The molecule has 0 saturated heterocycles. The van der Waals surface area contributed by atoms with E-state index in [1.807, 2.05) is 0 Å². The minimum Gasteiger partial charge on any atom is -0.478 e. The fourth-order valence-electron chi connectivity index (χ4n) is 2.87. The summed E-state index contributed by atoms with van der Waals surface area (Å²) in [5, 5.41) is 23.5. The molecule has 2 aromatic carbocycles. The van der Waals surface area contributed by atoms with Crippen LogP contribution in [0.4, 0.5) is 11.4 Å². The fraction of sp³-hybridized carbons (Fsp3) is 0.158. The molecule has 3 rings (SSSR count). The Morgan fingerprint density at radius 3 is 2.19 bits per heavy atom. The summed E-state index contributed by atoms with van der Waals surface area (Å²) in [6.07, 6.45) is 1.73. The van der Waals surface area contributed by atoms with Crippen molar-refractivity contribution in [2.75, 3.05) is 10.6 Å². The van der Waals surface area contributed by atoms with E-state index in [-0.39, 0.29) is 22.7 Å². The maximum atomic E-state index is 12.5. The lowest BCUT2D eigenvalue weighted by Crippen LogP contribution is -2.14. The molecule has 4 N–H and O–H groups in total. The first-order chi connectivity index (χ1) is 12.8. The molecule has 2 aromatic rings. The summed E-state index contributed by atoms with van der Waals surface area (Å²) in [7, 11) is 0. The van der Waals surface area contributed by atoms with Crippen molar-refractivity contribution in [3.63, 3.8) is 0 Å². The van der Waals surface area contributed by atoms with E-state index in [4.69, 9.17) is 10.2 Å². The number of benzene rings is 2. The van der Waals surface area contributed by atoms with E-state index < -0.39 is 17.8 Å². The molecular formula is C19H16N2O6. The van der Waals surface area contributed by atoms with Gasteiger partial charge in [-0.15, -0.1) is 0 Å². The summed E-state index contributed by atoms with van der Waals surface area (Å²) in [6, 6.07) is 8.25. The Kier molecular flexibility index (Phi) is 4.89. The first-order valence-corrected chi connectivity index (χ1v) is 8.19. The highest BCUT2D eigenvalue weighted by atomic mass is 16.4. The van der Waals surface area contributed by atoms with Crippen LogP contribution in [0, 0.1) is 0 Å². The first kappa shape index (κ1) is 18.1. The molecule has 1 aliphatic rings. The number of carboxylic acid groups (broad SMARTS) is 2. The van der Waals surface area contributed by atoms with Crippen molar-refractivity contribution in [1.29, 1.82) is 0 Å². The monoisotopic (exact) mass is 368 g/mol. The number of carboxylic acids is 2. The number of rotatable bonds is 4. The molecule has 27 heavy (non-hydrogen) atoms.